The van der Waals surface area contributed by atoms with Crippen molar-refractivity contribution in [3.05, 3.63) is 60.2 Å². The van der Waals surface area contributed by atoms with Crippen molar-refractivity contribution in [1.82, 2.24) is 0 Å². The van der Waals surface area contributed by atoms with Gasteiger partial charge in [0.25, 0.3) is 0 Å². The molecule has 0 aliphatic rings. The normalized spacial score (nSPS) is 10.1. The molecule has 0 amide bonds. The largest absolute Gasteiger partial charge is 0.0991 e. The van der Waals surface area contributed by atoms with Crippen molar-refractivity contribution in [1.29, 1.82) is 0 Å². The predicted molar refractivity (Wildman–Crippen MR) is 75.0 cm³/mol. The summed E-state index contributed by atoms with van der Waals surface area (Å²) in [6, 6.07) is 6.54. The highest BCUT2D eigenvalue weighted by Gasteiger charge is 2.15. The smallest absolute Gasteiger partial charge is 0.0129 e. The maximum absolute atomic E-state index is 3.36. The highest BCUT2D eigenvalue weighted by atomic mass is 14.2. The van der Waals surface area contributed by atoms with Crippen molar-refractivity contribution in [2.24, 2.45) is 0 Å². The maximum atomic E-state index is 3.36. The SMILES string of the molecule is C=CC=C.Cc1cccc(C(C)(C)C)c1C. The van der Waals surface area contributed by atoms with Crippen molar-refractivity contribution < 1.29 is 0 Å². The summed E-state index contributed by atoms with van der Waals surface area (Å²) in [4.78, 5) is 0. The molecule has 0 heterocycles. The van der Waals surface area contributed by atoms with E-state index in [-0.39, 0.29) is 5.41 Å². The number of rotatable bonds is 1. The van der Waals surface area contributed by atoms with E-state index in [0.717, 1.165) is 0 Å². The molecule has 0 nitrogen and oxygen atoms in total. The summed E-state index contributed by atoms with van der Waals surface area (Å²) < 4.78 is 0. The van der Waals surface area contributed by atoms with Crippen LogP contribution in [-0.4, -0.2) is 0 Å². The van der Waals surface area contributed by atoms with Crippen molar-refractivity contribution in [3.8, 4) is 0 Å². The van der Waals surface area contributed by atoms with Gasteiger partial charge in [0.1, 0.15) is 0 Å². The number of aryl methyl sites for hydroxylation is 1. The summed E-state index contributed by atoms with van der Waals surface area (Å²) in [5.74, 6) is 0. The Bertz CT molecular complexity index is 345. The minimum absolute atomic E-state index is 0.274. The molecule has 1 aromatic rings. The molecule has 0 aliphatic heterocycles. The zero-order valence-electron chi connectivity index (χ0n) is 11.3. The standard InChI is InChI=1S/C12H18.C4H6/c1-9-7-6-8-11(10(9)2)12(3,4)5;1-3-4-2/h6-8H,1-5H3;3-4H,1-2H2. The van der Waals surface area contributed by atoms with Crippen molar-refractivity contribution >= 4 is 0 Å². The van der Waals surface area contributed by atoms with Gasteiger partial charge >= 0.3 is 0 Å². The molecule has 0 aromatic heterocycles. The second-order valence-corrected chi connectivity index (χ2v) is 4.97. The number of hydrogen-bond donors (Lipinski definition) is 0. The van der Waals surface area contributed by atoms with Gasteiger partial charge < -0.3 is 0 Å². The summed E-state index contributed by atoms with van der Waals surface area (Å²) in [5.41, 5.74) is 4.56. The average Bonchev–Trinajstić information content (AvgIpc) is 2.21. The Labute approximate surface area is 101 Å². The third-order valence-corrected chi connectivity index (χ3v) is 2.58. The highest BCUT2D eigenvalue weighted by Crippen LogP contribution is 2.26. The van der Waals surface area contributed by atoms with Gasteiger partial charge in [-0.2, -0.15) is 0 Å². The van der Waals surface area contributed by atoms with Gasteiger partial charge in [0.05, 0.1) is 0 Å². The Balaban J connectivity index is 0.000000487. The summed E-state index contributed by atoms with van der Waals surface area (Å²) in [7, 11) is 0. The molecule has 1 rings (SSSR count). The van der Waals surface area contributed by atoms with Crippen molar-refractivity contribution in [2.75, 3.05) is 0 Å². The molecule has 0 atom stereocenters. The van der Waals surface area contributed by atoms with E-state index >= 15 is 0 Å². The molecule has 0 fully saturated rings. The van der Waals surface area contributed by atoms with Crippen molar-refractivity contribution in [3.63, 3.8) is 0 Å². The molecule has 0 heteroatoms. The predicted octanol–water partition coefficient (Wildman–Crippen LogP) is 4.96. The van der Waals surface area contributed by atoms with Crippen LogP contribution >= 0.6 is 0 Å². The quantitative estimate of drug-likeness (QED) is 0.582. The van der Waals surface area contributed by atoms with E-state index < -0.39 is 0 Å². The van der Waals surface area contributed by atoms with Crippen LogP contribution in [0.4, 0.5) is 0 Å². The molecule has 0 radical (unpaired) electrons. The van der Waals surface area contributed by atoms with Gasteiger partial charge in [-0.25, -0.2) is 0 Å². The first-order chi connectivity index (χ1) is 7.34. The van der Waals surface area contributed by atoms with Crippen LogP contribution in [0.3, 0.4) is 0 Å². The van der Waals surface area contributed by atoms with Gasteiger partial charge in [-0.1, -0.05) is 64.3 Å². The molecule has 0 N–H and O–H groups in total. The molecule has 0 aliphatic carbocycles. The van der Waals surface area contributed by atoms with Crippen LogP contribution in [0.5, 0.6) is 0 Å². The molecule has 88 valence electrons. The molecule has 0 saturated heterocycles. The van der Waals surface area contributed by atoms with Crippen LogP contribution < -0.4 is 0 Å². The first-order valence-electron chi connectivity index (χ1n) is 5.64. The van der Waals surface area contributed by atoms with Crippen molar-refractivity contribution in [2.45, 2.75) is 40.0 Å². The summed E-state index contributed by atoms with van der Waals surface area (Å²) >= 11 is 0. The van der Waals surface area contributed by atoms with E-state index in [9.17, 15) is 0 Å². The summed E-state index contributed by atoms with van der Waals surface area (Å²) in [5, 5.41) is 0. The van der Waals surface area contributed by atoms with Gasteiger partial charge in [0.15, 0.2) is 0 Å². The molecule has 16 heavy (non-hydrogen) atoms. The lowest BCUT2D eigenvalue weighted by atomic mass is 9.83. The highest BCUT2D eigenvalue weighted by molar-refractivity contribution is 5.37. The molecule has 0 spiro atoms. The van der Waals surface area contributed by atoms with E-state index in [1.165, 1.54) is 16.7 Å². The Morgan fingerprint density at radius 1 is 1.00 bits per heavy atom. The molecule has 0 unspecified atom stereocenters. The topological polar surface area (TPSA) is 0 Å². The number of allylic oxidation sites excluding steroid dienone is 2. The van der Waals surface area contributed by atoms with Gasteiger partial charge in [-0.05, 0) is 36.0 Å². The maximum Gasteiger partial charge on any atom is -0.0129 e. The first-order valence-corrected chi connectivity index (χ1v) is 5.64. The summed E-state index contributed by atoms with van der Waals surface area (Å²) in [6.07, 6.45) is 3.28. The minimum Gasteiger partial charge on any atom is -0.0991 e. The van der Waals surface area contributed by atoms with Crippen LogP contribution in [0, 0.1) is 13.8 Å². The Morgan fingerprint density at radius 3 is 1.81 bits per heavy atom. The third kappa shape index (κ3) is 4.48. The fourth-order valence-corrected chi connectivity index (χ4v) is 1.56. The second kappa shape index (κ2) is 6.32. The Kier molecular flexibility index (Phi) is 5.81. The van der Waals surface area contributed by atoms with Crippen LogP contribution in [0.1, 0.15) is 37.5 Å². The molecule has 1 aromatic carbocycles. The fourth-order valence-electron chi connectivity index (χ4n) is 1.56. The zero-order valence-corrected chi connectivity index (χ0v) is 11.3. The van der Waals surface area contributed by atoms with Crippen LogP contribution in [-0.2, 0) is 5.41 Å². The lowest BCUT2D eigenvalue weighted by Gasteiger charge is -2.22. The fraction of sp³-hybridized carbons (Fsp3) is 0.375. The monoisotopic (exact) mass is 216 g/mol. The molecule has 0 saturated carbocycles. The van der Waals surface area contributed by atoms with Crippen LogP contribution in [0.25, 0.3) is 0 Å². The zero-order chi connectivity index (χ0) is 12.8. The molecule has 0 bridgehead atoms. The van der Waals surface area contributed by atoms with Crippen LogP contribution in [0.2, 0.25) is 0 Å². The van der Waals surface area contributed by atoms with Gasteiger partial charge in [0, 0.05) is 0 Å². The third-order valence-electron chi connectivity index (χ3n) is 2.58. The molecular formula is C16H24. The Hall–Kier alpha value is -1.30. The van der Waals surface area contributed by atoms with E-state index in [1.807, 2.05) is 0 Å². The average molecular weight is 216 g/mol. The molecular weight excluding hydrogens is 192 g/mol. The van der Waals surface area contributed by atoms with E-state index in [0.29, 0.717) is 0 Å². The lowest BCUT2D eigenvalue weighted by molar-refractivity contribution is 0.585. The minimum atomic E-state index is 0.274. The van der Waals surface area contributed by atoms with Gasteiger partial charge in [0.2, 0.25) is 0 Å². The van der Waals surface area contributed by atoms with Gasteiger partial charge in [-0.15, -0.1) is 0 Å². The van der Waals surface area contributed by atoms with Gasteiger partial charge in [-0.3, -0.25) is 0 Å². The number of benzene rings is 1. The number of hydrogen-bond acceptors (Lipinski definition) is 0. The lowest BCUT2D eigenvalue weighted by Crippen LogP contribution is -2.13. The first kappa shape index (κ1) is 14.7. The van der Waals surface area contributed by atoms with E-state index in [4.69, 9.17) is 0 Å². The van der Waals surface area contributed by atoms with E-state index in [1.54, 1.807) is 12.2 Å². The van der Waals surface area contributed by atoms with E-state index in [2.05, 4.69) is 66.0 Å². The second-order valence-electron chi connectivity index (χ2n) is 4.97. The Morgan fingerprint density at radius 2 is 1.50 bits per heavy atom. The van der Waals surface area contributed by atoms with Crippen LogP contribution in [0.15, 0.2) is 43.5 Å². The summed E-state index contributed by atoms with van der Waals surface area (Å²) in [6.45, 7) is 17.9.